The van der Waals surface area contributed by atoms with Crippen molar-refractivity contribution in [3.8, 4) is 5.75 Å². The van der Waals surface area contributed by atoms with Crippen molar-refractivity contribution < 1.29 is 26.7 Å². The summed E-state index contributed by atoms with van der Waals surface area (Å²) in [6.07, 6.45) is 0.523. The number of hydrogen-bond acceptors (Lipinski definition) is 4. The lowest BCUT2D eigenvalue weighted by molar-refractivity contribution is 0.0584. The number of carbonyl (C=O) groups excluding carboxylic acids is 1. The molecule has 0 radical (unpaired) electrons. The lowest BCUT2D eigenvalue weighted by Crippen LogP contribution is -2.42. The molecule has 0 atom stereocenters. The summed E-state index contributed by atoms with van der Waals surface area (Å²) in [5.41, 5.74) is 0.574. The van der Waals surface area contributed by atoms with E-state index in [1.165, 1.54) is 25.2 Å². The van der Waals surface area contributed by atoms with Crippen molar-refractivity contribution in [3.05, 3.63) is 90.0 Å². The largest absolute Gasteiger partial charge is 0.487 e. The van der Waals surface area contributed by atoms with Crippen LogP contribution in [-0.4, -0.2) is 45.5 Å². The Kier molecular flexibility index (Phi) is 6.83. The Bertz CT molecular complexity index is 1280. The minimum atomic E-state index is -3.98. The molecule has 0 bridgehead atoms. The van der Waals surface area contributed by atoms with Crippen LogP contribution in [0.4, 0.5) is 14.5 Å². The van der Waals surface area contributed by atoms with E-state index in [2.05, 4.69) is 0 Å². The van der Waals surface area contributed by atoms with Gasteiger partial charge >= 0.3 is 0 Å². The standard InChI is InChI=1S/C25H24F2N2O4S/c1-28(19-7-3-2-4-8-19)34(31,32)24-10-6-5-9-21(24)25(30)29-15-13-20(14-16-29)33-23-12-11-18(26)17-22(23)27/h2-12,17,20H,13-16H2,1H3. The summed E-state index contributed by atoms with van der Waals surface area (Å²) in [6.45, 7) is 0.629. The van der Waals surface area contributed by atoms with Gasteiger partial charge in [0.2, 0.25) is 0 Å². The molecule has 0 N–H and O–H groups in total. The number of piperidine rings is 1. The highest BCUT2D eigenvalue weighted by Gasteiger charge is 2.31. The minimum absolute atomic E-state index is 0.0356. The maximum Gasteiger partial charge on any atom is 0.264 e. The molecular formula is C25H24F2N2O4S. The fourth-order valence-corrected chi connectivity index (χ4v) is 5.27. The highest BCUT2D eigenvalue weighted by atomic mass is 32.2. The third kappa shape index (κ3) is 4.89. The molecular weight excluding hydrogens is 462 g/mol. The molecule has 0 unspecified atom stereocenters. The van der Waals surface area contributed by atoms with Crippen LogP contribution in [0.25, 0.3) is 0 Å². The van der Waals surface area contributed by atoms with Crippen LogP contribution in [0.3, 0.4) is 0 Å². The Balaban J connectivity index is 1.48. The maximum absolute atomic E-state index is 13.9. The molecule has 1 aliphatic heterocycles. The molecule has 0 saturated carbocycles. The SMILES string of the molecule is CN(c1ccccc1)S(=O)(=O)c1ccccc1C(=O)N1CCC(Oc2ccc(F)cc2F)CC1. The molecule has 9 heteroatoms. The van der Waals surface area contributed by atoms with Gasteiger partial charge in [-0.05, 0) is 36.4 Å². The summed E-state index contributed by atoms with van der Waals surface area (Å²) in [5, 5.41) is 0. The third-order valence-electron chi connectivity index (χ3n) is 5.79. The molecule has 1 amide bonds. The molecule has 0 spiro atoms. The number of sulfonamides is 1. The first-order valence-corrected chi connectivity index (χ1v) is 12.3. The van der Waals surface area contributed by atoms with E-state index in [1.54, 1.807) is 47.4 Å². The predicted octanol–water partition coefficient (Wildman–Crippen LogP) is 4.47. The number of anilines is 1. The van der Waals surface area contributed by atoms with E-state index in [0.717, 1.165) is 16.4 Å². The topological polar surface area (TPSA) is 66.9 Å². The van der Waals surface area contributed by atoms with Crippen LogP contribution < -0.4 is 9.04 Å². The van der Waals surface area contributed by atoms with Gasteiger partial charge in [-0.2, -0.15) is 0 Å². The molecule has 0 aliphatic carbocycles. The number of carbonyl (C=O) groups is 1. The summed E-state index contributed by atoms with van der Waals surface area (Å²) in [6, 6.07) is 17.9. The maximum atomic E-state index is 13.9. The molecule has 1 aliphatic rings. The van der Waals surface area contributed by atoms with Gasteiger partial charge in [-0.1, -0.05) is 30.3 Å². The van der Waals surface area contributed by atoms with Gasteiger partial charge in [0.25, 0.3) is 15.9 Å². The van der Waals surface area contributed by atoms with Gasteiger partial charge in [0, 0.05) is 39.0 Å². The highest BCUT2D eigenvalue weighted by Crippen LogP contribution is 2.27. The van der Waals surface area contributed by atoms with Gasteiger partial charge in [0.05, 0.1) is 11.3 Å². The monoisotopic (exact) mass is 486 g/mol. The first-order chi connectivity index (χ1) is 16.3. The van der Waals surface area contributed by atoms with Crippen molar-refractivity contribution in [2.24, 2.45) is 0 Å². The number of hydrogen-bond donors (Lipinski definition) is 0. The zero-order chi connectivity index (χ0) is 24.3. The van der Waals surface area contributed by atoms with E-state index >= 15 is 0 Å². The molecule has 3 aromatic rings. The molecule has 34 heavy (non-hydrogen) atoms. The van der Waals surface area contributed by atoms with Crippen molar-refractivity contribution in [1.82, 2.24) is 4.90 Å². The fourth-order valence-electron chi connectivity index (χ4n) is 3.89. The number of benzene rings is 3. The smallest absolute Gasteiger partial charge is 0.264 e. The van der Waals surface area contributed by atoms with Crippen LogP contribution in [0.5, 0.6) is 5.75 Å². The van der Waals surface area contributed by atoms with Gasteiger partial charge in [-0.25, -0.2) is 17.2 Å². The summed E-state index contributed by atoms with van der Waals surface area (Å²) < 4.78 is 60.4. The molecule has 6 nitrogen and oxygen atoms in total. The molecule has 178 valence electrons. The van der Waals surface area contributed by atoms with Crippen LogP contribution >= 0.6 is 0 Å². The van der Waals surface area contributed by atoms with Crippen molar-refractivity contribution in [1.29, 1.82) is 0 Å². The van der Waals surface area contributed by atoms with Crippen LogP contribution in [0.2, 0.25) is 0 Å². The minimum Gasteiger partial charge on any atom is -0.487 e. The van der Waals surface area contributed by atoms with E-state index in [4.69, 9.17) is 4.74 Å². The van der Waals surface area contributed by atoms with Crippen LogP contribution in [0.1, 0.15) is 23.2 Å². The Hall–Kier alpha value is -3.46. The molecule has 1 saturated heterocycles. The van der Waals surface area contributed by atoms with E-state index in [0.29, 0.717) is 31.6 Å². The van der Waals surface area contributed by atoms with E-state index < -0.39 is 27.6 Å². The summed E-state index contributed by atoms with van der Waals surface area (Å²) in [7, 11) is -2.53. The van der Waals surface area contributed by atoms with Crippen molar-refractivity contribution >= 4 is 21.6 Å². The number of para-hydroxylation sites is 1. The average Bonchev–Trinajstić information content (AvgIpc) is 2.86. The first kappa shape index (κ1) is 23.7. The predicted molar refractivity (Wildman–Crippen MR) is 124 cm³/mol. The van der Waals surface area contributed by atoms with Gasteiger partial charge in [0.15, 0.2) is 11.6 Å². The molecule has 0 aromatic heterocycles. The number of ether oxygens (including phenoxy) is 1. The Labute approximate surface area is 197 Å². The molecule has 4 rings (SSSR count). The highest BCUT2D eigenvalue weighted by molar-refractivity contribution is 7.92. The summed E-state index contributed by atoms with van der Waals surface area (Å²) in [4.78, 5) is 14.8. The van der Waals surface area contributed by atoms with Gasteiger partial charge in [-0.3, -0.25) is 9.10 Å². The number of nitrogens with zero attached hydrogens (tertiary/aromatic N) is 2. The normalized spacial score (nSPS) is 14.6. The Morgan fingerprint density at radius 1 is 0.971 bits per heavy atom. The van der Waals surface area contributed by atoms with Crippen LogP contribution in [0, 0.1) is 11.6 Å². The lowest BCUT2D eigenvalue weighted by atomic mass is 10.1. The Morgan fingerprint density at radius 3 is 2.29 bits per heavy atom. The van der Waals surface area contributed by atoms with E-state index in [-0.39, 0.29) is 22.3 Å². The second-order valence-corrected chi connectivity index (χ2v) is 9.93. The fraction of sp³-hybridized carbons (Fsp3) is 0.240. The second kappa shape index (κ2) is 9.80. The van der Waals surface area contributed by atoms with Crippen molar-refractivity contribution in [2.45, 2.75) is 23.8 Å². The number of likely N-dealkylation sites (tertiary alicyclic amines) is 1. The second-order valence-electron chi connectivity index (χ2n) is 7.99. The van der Waals surface area contributed by atoms with E-state index in [1.807, 2.05) is 0 Å². The van der Waals surface area contributed by atoms with E-state index in [9.17, 15) is 22.0 Å². The van der Waals surface area contributed by atoms with Crippen LogP contribution in [-0.2, 0) is 10.0 Å². The summed E-state index contributed by atoms with van der Waals surface area (Å²) >= 11 is 0. The van der Waals surface area contributed by atoms with Gasteiger partial charge in [-0.15, -0.1) is 0 Å². The molecule has 1 heterocycles. The third-order valence-corrected chi connectivity index (χ3v) is 7.64. The number of rotatable bonds is 6. The van der Waals surface area contributed by atoms with Crippen LogP contribution in [0.15, 0.2) is 77.7 Å². The lowest BCUT2D eigenvalue weighted by Gasteiger charge is -2.33. The summed E-state index contributed by atoms with van der Waals surface area (Å²) in [5.74, 6) is -1.89. The zero-order valence-corrected chi connectivity index (χ0v) is 19.3. The molecule has 3 aromatic carbocycles. The Morgan fingerprint density at radius 2 is 1.62 bits per heavy atom. The van der Waals surface area contributed by atoms with Gasteiger partial charge < -0.3 is 9.64 Å². The average molecular weight is 487 g/mol. The number of halogens is 2. The molecule has 1 fully saturated rings. The van der Waals surface area contributed by atoms with Crippen molar-refractivity contribution in [2.75, 3.05) is 24.4 Å². The number of amides is 1. The zero-order valence-electron chi connectivity index (χ0n) is 18.5. The first-order valence-electron chi connectivity index (χ1n) is 10.8. The quantitative estimate of drug-likeness (QED) is 0.516. The van der Waals surface area contributed by atoms with Gasteiger partial charge in [0.1, 0.15) is 16.8 Å². The van der Waals surface area contributed by atoms with Crippen molar-refractivity contribution in [3.63, 3.8) is 0 Å².